The average Bonchev–Trinajstić information content (AvgIpc) is 2.62. The summed E-state index contributed by atoms with van der Waals surface area (Å²) in [5, 5.41) is 6.96. The van der Waals surface area contributed by atoms with Gasteiger partial charge in [0.15, 0.2) is 5.96 Å². The number of halogens is 2. The Kier molecular flexibility index (Phi) is 11.2. The summed E-state index contributed by atoms with van der Waals surface area (Å²) in [7, 11) is 5.82. The highest BCUT2D eigenvalue weighted by Gasteiger charge is 2.20. The van der Waals surface area contributed by atoms with E-state index >= 15 is 0 Å². The number of nitrogens with one attached hydrogen (secondary N) is 2. The Hall–Kier alpha value is -0.930. The number of likely N-dealkylation sites (tertiary alicyclic amines) is 1. The molecule has 1 aliphatic rings. The lowest BCUT2D eigenvalue weighted by molar-refractivity contribution is 0.206. The van der Waals surface area contributed by atoms with Crippen molar-refractivity contribution in [3.05, 3.63) is 35.6 Å². The third-order valence-electron chi connectivity index (χ3n) is 5.01. The van der Waals surface area contributed by atoms with Gasteiger partial charge in [0.25, 0.3) is 0 Å². The molecule has 2 rings (SSSR count). The lowest BCUT2D eigenvalue weighted by Crippen LogP contribution is -2.49. The molecular weight excluding hydrogens is 456 g/mol. The Morgan fingerprint density at radius 1 is 1.33 bits per heavy atom. The topological polar surface area (TPSA) is 42.9 Å². The summed E-state index contributed by atoms with van der Waals surface area (Å²) in [6.07, 6.45) is 3.50. The van der Waals surface area contributed by atoms with E-state index < -0.39 is 0 Å². The first-order chi connectivity index (χ1) is 12.5. The monoisotopic (exact) mass is 491 g/mol. The van der Waals surface area contributed by atoms with Crippen molar-refractivity contribution in [2.45, 2.75) is 38.3 Å². The number of guanidine groups is 1. The molecule has 27 heavy (non-hydrogen) atoms. The highest BCUT2D eigenvalue weighted by Crippen LogP contribution is 2.18. The zero-order valence-corrected chi connectivity index (χ0v) is 19.4. The Morgan fingerprint density at radius 2 is 2.04 bits per heavy atom. The maximum atomic E-state index is 13.6. The van der Waals surface area contributed by atoms with Crippen molar-refractivity contribution < 1.29 is 4.39 Å². The fourth-order valence-electron chi connectivity index (χ4n) is 3.51. The zero-order valence-electron chi connectivity index (χ0n) is 17.0. The van der Waals surface area contributed by atoms with Gasteiger partial charge in [0.05, 0.1) is 6.04 Å². The standard InChI is InChI=1S/C20H34FN5.HI/c1-5-11-26-12-9-18(10-13-26)24-20(22-2)23-15-19(25(3)4)16-7-6-8-17(21)14-16;/h6-8,14,18-19H,5,9-13,15H2,1-4H3,(H2,22,23,24);1H. The minimum absolute atomic E-state index is 0. The van der Waals surface area contributed by atoms with Crippen molar-refractivity contribution in [2.24, 2.45) is 4.99 Å². The fourth-order valence-corrected chi connectivity index (χ4v) is 3.51. The molecule has 0 aromatic heterocycles. The van der Waals surface area contributed by atoms with Crippen molar-refractivity contribution in [3.63, 3.8) is 0 Å². The second kappa shape index (κ2) is 12.5. The van der Waals surface area contributed by atoms with E-state index in [9.17, 15) is 4.39 Å². The summed E-state index contributed by atoms with van der Waals surface area (Å²) in [5.41, 5.74) is 0.964. The number of benzene rings is 1. The molecule has 1 fully saturated rings. The van der Waals surface area contributed by atoms with E-state index in [1.807, 2.05) is 20.2 Å². The summed E-state index contributed by atoms with van der Waals surface area (Å²) in [6, 6.07) is 7.35. The predicted octanol–water partition coefficient (Wildman–Crippen LogP) is 3.09. The van der Waals surface area contributed by atoms with Gasteiger partial charge in [-0.3, -0.25) is 4.99 Å². The summed E-state index contributed by atoms with van der Waals surface area (Å²) in [5.74, 6) is 0.623. The van der Waals surface area contributed by atoms with Gasteiger partial charge < -0.3 is 20.4 Å². The molecule has 1 aromatic rings. The largest absolute Gasteiger partial charge is 0.354 e. The highest BCUT2D eigenvalue weighted by molar-refractivity contribution is 14.0. The first-order valence-electron chi connectivity index (χ1n) is 9.65. The number of aliphatic imine (C=N–C) groups is 1. The average molecular weight is 491 g/mol. The normalized spacial score (nSPS) is 17.5. The van der Waals surface area contributed by atoms with Gasteiger partial charge in [-0.1, -0.05) is 19.1 Å². The third-order valence-corrected chi connectivity index (χ3v) is 5.01. The molecule has 5 nitrogen and oxygen atoms in total. The molecule has 1 heterocycles. The van der Waals surface area contributed by atoms with Gasteiger partial charge in [0, 0.05) is 32.7 Å². The third kappa shape index (κ3) is 7.91. The van der Waals surface area contributed by atoms with Crippen LogP contribution in [-0.4, -0.2) is 69.1 Å². The minimum Gasteiger partial charge on any atom is -0.354 e. The SMILES string of the molecule is CCCN1CCC(NC(=NC)NCC(c2cccc(F)c2)N(C)C)CC1.I. The molecule has 0 saturated carbocycles. The Labute approximate surface area is 180 Å². The van der Waals surface area contributed by atoms with Crippen LogP contribution >= 0.6 is 24.0 Å². The number of hydrogen-bond donors (Lipinski definition) is 2. The summed E-state index contributed by atoms with van der Waals surface area (Å²) in [6.45, 7) is 6.39. The molecule has 1 aromatic carbocycles. The minimum atomic E-state index is -0.198. The molecule has 2 N–H and O–H groups in total. The van der Waals surface area contributed by atoms with E-state index in [2.05, 4.69) is 32.3 Å². The molecule has 0 spiro atoms. The van der Waals surface area contributed by atoms with Crippen LogP contribution in [0, 0.1) is 5.82 Å². The summed E-state index contributed by atoms with van der Waals surface area (Å²) in [4.78, 5) is 8.99. The van der Waals surface area contributed by atoms with E-state index in [4.69, 9.17) is 0 Å². The lowest BCUT2D eigenvalue weighted by atomic mass is 10.0. The van der Waals surface area contributed by atoms with Crippen LogP contribution in [0.5, 0.6) is 0 Å². The molecule has 1 saturated heterocycles. The highest BCUT2D eigenvalue weighted by atomic mass is 127. The maximum Gasteiger partial charge on any atom is 0.191 e. The molecule has 1 atom stereocenters. The van der Waals surface area contributed by atoms with E-state index in [1.165, 1.54) is 19.0 Å². The predicted molar refractivity (Wildman–Crippen MR) is 122 cm³/mol. The van der Waals surface area contributed by atoms with Crippen LogP contribution in [0.25, 0.3) is 0 Å². The molecule has 154 valence electrons. The molecule has 0 radical (unpaired) electrons. The van der Waals surface area contributed by atoms with Gasteiger partial charge in [0.2, 0.25) is 0 Å². The zero-order chi connectivity index (χ0) is 18.9. The van der Waals surface area contributed by atoms with E-state index in [1.54, 1.807) is 19.2 Å². The van der Waals surface area contributed by atoms with Gasteiger partial charge in [-0.05, 0) is 57.6 Å². The van der Waals surface area contributed by atoms with E-state index in [-0.39, 0.29) is 35.8 Å². The summed E-state index contributed by atoms with van der Waals surface area (Å²) < 4.78 is 13.6. The van der Waals surface area contributed by atoms with Crippen molar-refractivity contribution in [3.8, 4) is 0 Å². The molecule has 7 heteroatoms. The van der Waals surface area contributed by atoms with Gasteiger partial charge in [-0.25, -0.2) is 4.39 Å². The molecule has 0 bridgehead atoms. The quantitative estimate of drug-likeness (QED) is 0.350. The van der Waals surface area contributed by atoms with Crippen molar-refractivity contribution in [1.29, 1.82) is 0 Å². The van der Waals surface area contributed by atoms with Gasteiger partial charge in [-0.15, -0.1) is 24.0 Å². The number of piperidine rings is 1. The Bertz CT molecular complexity index is 573. The fraction of sp³-hybridized carbons (Fsp3) is 0.650. The van der Waals surface area contributed by atoms with Crippen LogP contribution in [0.2, 0.25) is 0 Å². The smallest absolute Gasteiger partial charge is 0.191 e. The first-order valence-corrected chi connectivity index (χ1v) is 9.65. The van der Waals surface area contributed by atoms with Crippen LogP contribution in [0.15, 0.2) is 29.3 Å². The maximum absolute atomic E-state index is 13.6. The van der Waals surface area contributed by atoms with Gasteiger partial charge in [0.1, 0.15) is 5.82 Å². The number of hydrogen-bond acceptors (Lipinski definition) is 3. The Morgan fingerprint density at radius 3 is 2.59 bits per heavy atom. The molecule has 0 amide bonds. The van der Waals surface area contributed by atoms with Crippen LogP contribution < -0.4 is 10.6 Å². The van der Waals surface area contributed by atoms with E-state index in [0.29, 0.717) is 12.6 Å². The van der Waals surface area contributed by atoms with E-state index in [0.717, 1.165) is 37.5 Å². The molecular formula is C20H35FIN5. The Balaban J connectivity index is 0.00000364. The number of nitrogens with zero attached hydrogens (tertiary/aromatic N) is 3. The van der Waals surface area contributed by atoms with Gasteiger partial charge >= 0.3 is 0 Å². The van der Waals surface area contributed by atoms with Crippen molar-refractivity contribution in [1.82, 2.24) is 20.4 Å². The molecule has 1 aliphatic heterocycles. The lowest BCUT2D eigenvalue weighted by Gasteiger charge is -2.33. The second-order valence-electron chi connectivity index (χ2n) is 7.25. The van der Waals surface area contributed by atoms with Crippen molar-refractivity contribution in [2.75, 3.05) is 47.3 Å². The van der Waals surface area contributed by atoms with Crippen LogP contribution in [0.3, 0.4) is 0 Å². The molecule has 0 aliphatic carbocycles. The summed E-state index contributed by atoms with van der Waals surface area (Å²) >= 11 is 0. The van der Waals surface area contributed by atoms with Crippen LogP contribution in [0.1, 0.15) is 37.8 Å². The second-order valence-corrected chi connectivity index (χ2v) is 7.25. The number of likely N-dealkylation sites (N-methyl/N-ethyl adjacent to an activating group) is 1. The first kappa shape index (κ1) is 24.1. The molecule has 1 unspecified atom stereocenters. The van der Waals surface area contributed by atoms with Crippen LogP contribution in [0.4, 0.5) is 4.39 Å². The van der Waals surface area contributed by atoms with Crippen LogP contribution in [-0.2, 0) is 0 Å². The number of rotatable bonds is 7. The van der Waals surface area contributed by atoms with Gasteiger partial charge in [-0.2, -0.15) is 0 Å². The van der Waals surface area contributed by atoms with Crippen molar-refractivity contribution >= 4 is 29.9 Å².